The van der Waals surface area contributed by atoms with Crippen molar-refractivity contribution < 1.29 is 23.1 Å². The Balaban J connectivity index is 2.11. The van der Waals surface area contributed by atoms with E-state index in [1.807, 2.05) is 0 Å². The molecule has 0 atom stereocenters. The second-order valence-corrected chi connectivity index (χ2v) is 3.16. The summed E-state index contributed by atoms with van der Waals surface area (Å²) in [5.41, 5.74) is 0. The Morgan fingerprint density at radius 1 is 1.18 bits per heavy atom. The molecule has 0 N–H and O–H groups in total. The Labute approximate surface area is 95.6 Å². The number of furan rings is 1. The lowest BCUT2D eigenvalue weighted by molar-refractivity contribution is 0.0699. The third-order valence-corrected chi connectivity index (χ3v) is 1.97. The number of ether oxygens (including phenoxy) is 1. The first-order valence-electron chi connectivity index (χ1n) is 4.72. The van der Waals surface area contributed by atoms with Crippen LogP contribution in [0, 0.1) is 5.82 Å². The van der Waals surface area contributed by atoms with Gasteiger partial charge in [-0.1, -0.05) is 0 Å². The van der Waals surface area contributed by atoms with Crippen molar-refractivity contribution in [2.45, 2.75) is 0 Å². The van der Waals surface area contributed by atoms with Gasteiger partial charge in [-0.05, 0) is 36.4 Å². The lowest BCUT2D eigenvalue weighted by Crippen LogP contribution is -2.07. The molecule has 2 rings (SSSR count). The number of hydrogen-bond acceptors (Lipinski definition) is 4. The van der Waals surface area contributed by atoms with Crippen molar-refractivity contribution in [1.29, 1.82) is 0 Å². The highest BCUT2D eigenvalue weighted by Crippen LogP contribution is 2.14. The maximum absolute atomic E-state index is 12.6. The summed E-state index contributed by atoms with van der Waals surface area (Å²) < 4.78 is 22.4. The minimum absolute atomic E-state index is 0.0380. The van der Waals surface area contributed by atoms with E-state index in [9.17, 15) is 14.0 Å². The molecule has 0 fully saturated rings. The fraction of sp³-hybridized carbons (Fsp3) is 0. The van der Waals surface area contributed by atoms with Crippen molar-refractivity contribution in [3.05, 3.63) is 53.7 Å². The van der Waals surface area contributed by atoms with Gasteiger partial charge < -0.3 is 9.15 Å². The Morgan fingerprint density at radius 3 is 2.47 bits per heavy atom. The minimum atomic E-state index is -0.746. The van der Waals surface area contributed by atoms with Gasteiger partial charge in [0, 0.05) is 0 Å². The quantitative estimate of drug-likeness (QED) is 0.465. The van der Waals surface area contributed by atoms with Crippen LogP contribution in [0.5, 0.6) is 5.75 Å². The normalized spacial score (nSPS) is 9.94. The van der Waals surface area contributed by atoms with Crippen LogP contribution in [-0.4, -0.2) is 12.3 Å². The maximum Gasteiger partial charge on any atom is 0.379 e. The van der Waals surface area contributed by atoms with E-state index in [4.69, 9.17) is 9.15 Å². The molecule has 2 aromatic rings. The summed E-state index contributed by atoms with van der Waals surface area (Å²) in [5, 5.41) is 0. The number of hydrogen-bond donors (Lipinski definition) is 0. The first-order chi connectivity index (χ1) is 8.19. The largest absolute Gasteiger partial charge is 0.446 e. The summed E-state index contributed by atoms with van der Waals surface area (Å²) in [5.74, 6) is -1.02. The molecule has 0 aliphatic rings. The molecule has 1 heterocycles. The Hall–Kier alpha value is -2.43. The number of benzene rings is 1. The SMILES string of the molecule is O=Cc1ccc(C(=O)Oc2ccc(F)cc2)o1. The number of aldehydes is 1. The number of rotatable bonds is 3. The average molecular weight is 234 g/mol. The zero-order chi connectivity index (χ0) is 12.3. The summed E-state index contributed by atoms with van der Waals surface area (Å²) in [6.07, 6.45) is 0.481. The highest BCUT2D eigenvalue weighted by molar-refractivity contribution is 5.89. The van der Waals surface area contributed by atoms with Gasteiger partial charge in [-0.2, -0.15) is 0 Å². The predicted molar refractivity (Wildman–Crippen MR) is 55.5 cm³/mol. The van der Waals surface area contributed by atoms with Crippen molar-refractivity contribution in [3.8, 4) is 5.75 Å². The molecular weight excluding hydrogens is 227 g/mol. The maximum atomic E-state index is 12.6. The van der Waals surface area contributed by atoms with Crippen molar-refractivity contribution in [2.24, 2.45) is 0 Å². The molecule has 0 unspecified atom stereocenters. The first kappa shape index (κ1) is 11.1. The first-order valence-corrected chi connectivity index (χ1v) is 4.72. The second kappa shape index (κ2) is 4.61. The van der Waals surface area contributed by atoms with Gasteiger partial charge in [0.2, 0.25) is 5.76 Å². The summed E-state index contributed by atoms with van der Waals surface area (Å²) in [6.45, 7) is 0. The van der Waals surface area contributed by atoms with E-state index in [2.05, 4.69) is 0 Å². The third-order valence-electron chi connectivity index (χ3n) is 1.97. The van der Waals surface area contributed by atoms with Crippen LogP contribution < -0.4 is 4.74 Å². The van der Waals surface area contributed by atoms with E-state index in [1.54, 1.807) is 0 Å². The van der Waals surface area contributed by atoms with Crippen LogP contribution >= 0.6 is 0 Å². The molecule has 86 valence electrons. The fourth-order valence-electron chi connectivity index (χ4n) is 1.19. The lowest BCUT2D eigenvalue weighted by atomic mass is 10.3. The number of carbonyl (C=O) groups is 2. The molecule has 4 nitrogen and oxygen atoms in total. The van der Waals surface area contributed by atoms with Gasteiger partial charge in [-0.15, -0.1) is 0 Å². The van der Waals surface area contributed by atoms with Crippen LogP contribution in [0.3, 0.4) is 0 Å². The topological polar surface area (TPSA) is 56.5 Å². The molecule has 17 heavy (non-hydrogen) atoms. The fourth-order valence-corrected chi connectivity index (χ4v) is 1.19. The zero-order valence-corrected chi connectivity index (χ0v) is 8.55. The predicted octanol–water partition coefficient (Wildman–Crippen LogP) is 2.45. The summed E-state index contributed by atoms with van der Waals surface area (Å²) in [7, 11) is 0. The number of carbonyl (C=O) groups excluding carboxylic acids is 2. The zero-order valence-electron chi connectivity index (χ0n) is 8.55. The van der Waals surface area contributed by atoms with Gasteiger partial charge in [0.15, 0.2) is 12.0 Å². The van der Waals surface area contributed by atoms with Gasteiger partial charge in [-0.25, -0.2) is 9.18 Å². The molecule has 0 aliphatic heterocycles. The van der Waals surface area contributed by atoms with Crippen LogP contribution in [0.1, 0.15) is 21.1 Å². The molecule has 0 saturated carbocycles. The summed E-state index contributed by atoms with van der Waals surface area (Å²) in [4.78, 5) is 21.9. The van der Waals surface area contributed by atoms with E-state index in [0.29, 0.717) is 6.29 Å². The van der Waals surface area contributed by atoms with E-state index in [0.717, 1.165) is 0 Å². The van der Waals surface area contributed by atoms with Gasteiger partial charge in [-0.3, -0.25) is 4.79 Å². The molecule has 1 aromatic heterocycles. The van der Waals surface area contributed by atoms with Crippen LogP contribution in [-0.2, 0) is 0 Å². The van der Waals surface area contributed by atoms with Crippen molar-refractivity contribution >= 4 is 12.3 Å². The Kier molecular flexibility index (Phi) is 3.00. The molecule has 0 aliphatic carbocycles. The molecule has 0 amide bonds. The molecule has 5 heteroatoms. The Bertz CT molecular complexity index is 542. The van der Waals surface area contributed by atoms with Gasteiger partial charge in [0.05, 0.1) is 0 Å². The van der Waals surface area contributed by atoms with Crippen LogP contribution in [0.4, 0.5) is 4.39 Å². The van der Waals surface area contributed by atoms with Gasteiger partial charge in [0.25, 0.3) is 0 Å². The molecule has 0 bridgehead atoms. The van der Waals surface area contributed by atoms with Gasteiger partial charge >= 0.3 is 5.97 Å². The minimum Gasteiger partial charge on any atom is -0.446 e. The molecule has 1 aromatic carbocycles. The van der Waals surface area contributed by atoms with Gasteiger partial charge in [0.1, 0.15) is 11.6 Å². The highest BCUT2D eigenvalue weighted by Gasteiger charge is 2.13. The van der Waals surface area contributed by atoms with Crippen LogP contribution in [0.25, 0.3) is 0 Å². The van der Waals surface area contributed by atoms with Crippen LogP contribution in [0.15, 0.2) is 40.8 Å². The Morgan fingerprint density at radius 2 is 1.88 bits per heavy atom. The third kappa shape index (κ3) is 2.57. The van der Waals surface area contributed by atoms with E-state index < -0.39 is 11.8 Å². The van der Waals surface area contributed by atoms with E-state index in [-0.39, 0.29) is 17.3 Å². The van der Waals surface area contributed by atoms with Crippen LogP contribution in [0.2, 0.25) is 0 Å². The number of halogens is 1. The standard InChI is InChI=1S/C12H7FO4/c13-8-1-3-9(4-2-8)17-12(15)11-6-5-10(7-14)16-11/h1-7H. The second-order valence-electron chi connectivity index (χ2n) is 3.16. The average Bonchev–Trinajstić information content (AvgIpc) is 2.81. The molecule has 0 spiro atoms. The number of esters is 1. The van der Waals surface area contributed by atoms with Crippen molar-refractivity contribution in [2.75, 3.05) is 0 Å². The van der Waals surface area contributed by atoms with Crippen molar-refractivity contribution in [1.82, 2.24) is 0 Å². The lowest BCUT2D eigenvalue weighted by Gasteiger charge is -2.01. The smallest absolute Gasteiger partial charge is 0.379 e. The van der Waals surface area contributed by atoms with E-state index in [1.165, 1.54) is 36.4 Å². The summed E-state index contributed by atoms with van der Waals surface area (Å²) >= 11 is 0. The van der Waals surface area contributed by atoms with Crippen molar-refractivity contribution in [3.63, 3.8) is 0 Å². The monoisotopic (exact) mass is 234 g/mol. The molecule has 0 radical (unpaired) electrons. The van der Waals surface area contributed by atoms with E-state index >= 15 is 0 Å². The molecular formula is C12H7FO4. The molecule has 0 saturated heterocycles. The highest BCUT2D eigenvalue weighted by atomic mass is 19.1. The summed E-state index contributed by atoms with van der Waals surface area (Å²) in [6, 6.07) is 7.65.